The van der Waals surface area contributed by atoms with Crippen LogP contribution in [0.1, 0.15) is 46.5 Å². The minimum absolute atomic E-state index is 0.542. The summed E-state index contributed by atoms with van der Waals surface area (Å²) in [6, 6.07) is 0. The second-order valence-corrected chi connectivity index (χ2v) is 6.44. The summed E-state index contributed by atoms with van der Waals surface area (Å²) in [5, 5.41) is 3.18. The normalized spacial score (nSPS) is 18.1. The van der Waals surface area contributed by atoms with E-state index in [-0.39, 0.29) is 0 Å². The summed E-state index contributed by atoms with van der Waals surface area (Å²) in [5.41, 5.74) is 0.542. The third kappa shape index (κ3) is 3.25. The first-order valence-electron chi connectivity index (χ1n) is 7.65. The van der Waals surface area contributed by atoms with Crippen LogP contribution in [0.4, 0.5) is 11.8 Å². The molecule has 0 bridgehead atoms. The third-order valence-electron chi connectivity index (χ3n) is 4.68. The average molecular weight is 341 g/mol. The fraction of sp³-hybridized carbons (Fsp3) is 0.733. The van der Waals surface area contributed by atoms with Gasteiger partial charge in [0.25, 0.3) is 0 Å². The van der Waals surface area contributed by atoms with E-state index >= 15 is 0 Å². The number of piperidine rings is 1. The molecule has 2 heterocycles. The van der Waals surface area contributed by atoms with Gasteiger partial charge in [-0.3, -0.25) is 0 Å². The molecule has 1 saturated heterocycles. The maximum atomic E-state index is 4.64. The quantitative estimate of drug-likeness (QED) is 0.876. The summed E-state index contributed by atoms with van der Waals surface area (Å²) >= 11 is 3.59. The van der Waals surface area contributed by atoms with Crippen LogP contribution in [0.15, 0.2) is 10.7 Å². The maximum Gasteiger partial charge on any atom is 0.224 e. The van der Waals surface area contributed by atoms with Crippen LogP contribution in [0.3, 0.4) is 0 Å². The molecule has 0 amide bonds. The number of halogens is 1. The number of rotatable bonds is 5. The van der Waals surface area contributed by atoms with E-state index in [4.69, 9.17) is 0 Å². The van der Waals surface area contributed by atoms with Crippen LogP contribution in [0.2, 0.25) is 0 Å². The number of hydrogen-bond acceptors (Lipinski definition) is 4. The fourth-order valence-electron chi connectivity index (χ4n) is 2.97. The van der Waals surface area contributed by atoms with Gasteiger partial charge >= 0.3 is 0 Å². The molecule has 2 rings (SSSR count). The second-order valence-electron chi connectivity index (χ2n) is 5.59. The molecule has 1 fully saturated rings. The predicted octanol–water partition coefficient (Wildman–Crippen LogP) is 4.08. The number of anilines is 2. The van der Waals surface area contributed by atoms with Crippen molar-refractivity contribution in [3.05, 3.63) is 10.7 Å². The Morgan fingerprint density at radius 1 is 1.25 bits per heavy atom. The molecule has 0 radical (unpaired) electrons. The van der Waals surface area contributed by atoms with Gasteiger partial charge in [0.05, 0.1) is 4.47 Å². The molecule has 0 spiro atoms. The first-order chi connectivity index (χ1) is 9.64. The largest absolute Gasteiger partial charge is 0.355 e. The summed E-state index contributed by atoms with van der Waals surface area (Å²) in [6.45, 7) is 9.72. The van der Waals surface area contributed by atoms with Crippen molar-refractivity contribution < 1.29 is 0 Å². The zero-order valence-corrected chi connectivity index (χ0v) is 14.3. The van der Waals surface area contributed by atoms with Crippen LogP contribution in [0, 0.1) is 5.41 Å². The SMILES string of the molecule is CCNc1ncc(Br)c(N2CCC(CC)(CC)CC2)n1. The Morgan fingerprint density at radius 2 is 1.90 bits per heavy atom. The van der Waals surface area contributed by atoms with Gasteiger partial charge in [-0.1, -0.05) is 26.7 Å². The van der Waals surface area contributed by atoms with Gasteiger partial charge in [0, 0.05) is 25.8 Å². The number of nitrogens with one attached hydrogen (secondary N) is 1. The van der Waals surface area contributed by atoms with Crippen molar-refractivity contribution in [1.82, 2.24) is 9.97 Å². The van der Waals surface area contributed by atoms with Crippen LogP contribution in [-0.2, 0) is 0 Å². The molecule has 1 N–H and O–H groups in total. The van der Waals surface area contributed by atoms with Crippen molar-refractivity contribution in [2.24, 2.45) is 5.41 Å². The molecule has 20 heavy (non-hydrogen) atoms. The predicted molar refractivity (Wildman–Crippen MR) is 88.4 cm³/mol. The van der Waals surface area contributed by atoms with E-state index in [1.54, 1.807) is 0 Å². The van der Waals surface area contributed by atoms with Gasteiger partial charge in [-0.25, -0.2) is 4.98 Å². The van der Waals surface area contributed by atoms with Gasteiger partial charge in [0.15, 0.2) is 0 Å². The Bertz CT molecular complexity index is 435. The van der Waals surface area contributed by atoms with Gasteiger partial charge in [0.2, 0.25) is 5.95 Å². The molecule has 0 atom stereocenters. The molecule has 1 aromatic heterocycles. The number of aromatic nitrogens is 2. The Morgan fingerprint density at radius 3 is 2.45 bits per heavy atom. The summed E-state index contributed by atoms with van der Waals surface area (Å²) in [5.74, 6) is 1.74. The van der Waals surface area contributed by atoms with E-state index in [1.807, 2.05) is 6.20 Å². The monoisotopic (exact) mass is 340 g/mol. The first kappa shape index (κ1) is 15.5. The van der Waals surface area contributed by atoms with Crippen molar-refractivity contribution in [1.29, 1.82) is 0 Å². The van der Waals surface area contributed by atoms with Crippen molar-refractivity contribution in [2.45, 2.75) is 46.5 Å². The Kier molecular flexibility index (Phi) is 5.24. The van der Waals surface area contributed by atoms with Crippen LogP contribution in [-0.4, -0.2) is 29.6 Å². The third-order valence-corrected chi connectivity index (χ3v) is 5.24. The Labute approximate surface area is 130 Å². The number of nitrogens with zero attached hydrogens (tertiary/aromatic N) is 3. The molecule has 0 aromatic carbocycles. The summed E-state index contributed by atoms with van der Waals surface area (Å²) in [6.07, 6.45) is 6.93. The van der Waals surface area contributed by atoms with Crippen LogP contribution < -0.4 is 10.2 Å². The molecule has 0 aliphatic carbocycles. The van der Waals surface area contributed by atoms with Gasteiger partial charge in [-0.2, -0.15) is 4.98 Å². The lowest BCUT2D eigenvalue weighted by molar-refractivity contribution is 0.199. The molecular formula is C15H25BrN4. The highest BCUT2D eigenvalue weighted by Crippen LogP contribution is 2.39. The maximum absolute atomic E-state index is 4.64. The summed E-state index contributed by atoms with van der Waals surface area (Å²) in [4.78, 5) is 11.3. The minimum atomic E-state index is 0.542. The lowest BCUT2D eigenvalue weighted by atomic mass is 9.74. The van der Waals surface area contributed by atoms with Gasteiger partial charge in [-0.15, -0.1) is 0 Å². The Balaban J connectivity index is 2.12. The highest BCUT2D eigenvalue weighted by molar-refractivity contribution is 9.10. The summed E-state index contributed by atoms with van der Waals surface area (Å²) < 4.78 is 0.986. The highest BCUT2D eigenvalue weighted by atomic mass is 79.9. The van der Waals surface area contributed by atoms with Crippen molar-refractivity contribution >= 4 is 27.7 Å². The molecule has 0 unspecified atom stereocenters. The van der Waals surface area contributed by atoms with Gasteiger partial charge in [-0.05, 0) is 41.1 Å². The number of hydrogen-bond donors (Lipinski definition) is 1. The van der Waals surface area contributed by atoms with E-state index in [0.717, 1.165) is 29.9 Å². The zero-order chi connectivity index (χ0) is 14.6. The minimum Gasteiger partial charge on any atom is -0.355 e. The lowest BCUT2D eigenvalue weighted by Gasteiger charge is -2.41. The van der Waals surface area contributed by atoms with Crippen molar-refractivity contribution in [3.63, 3.8) is 0 Å². The molecule has 1 aliphatic rings. The van der Waals surface area contributed by atoms with Gasteiger partial charge in [0.1, 0.15) is 5.82 Å². The van der Waals surface area contributed by atoms with E-state index in [0.29, 0.717) is 11.4 Å². The van der Waals surface area contributed by atoms with E-state index < -0.39 is 0 Å². The molecule has 1 aromatic rings. The molecule has 5 heteroatoms. The van der Waals surface area contributed by atoms with E-state index in [2.05, 4.69) is 56.9 Å². The topological polar surface area (TPSA) is 41.1 Å². The molecule has 4 nitrogen and oxygen atoms in total. The van der Waals surface area contributed by atoms with Crippen molar-refractivity contribution in [3.8, 4) is 0 Å². The zero-order valence-electron chi connectivity index (χ0n) is 12.7. The highest BCUT2D eigenvalue weighted by Gasteiger charge is 2.32. The molecule has 112 valence electrons. The van der Waals surface area contributed by atoms with E-state index in [9.17, 15) is 0 Å². The van der Waals surface area contributed by atoms with Crippen LogP contribution >= 0.6 is 15.9 Å². The molecule has 1 aliphatic heterocycles. The smallest absolute Gasteiger partial charge is 0.224 e. The average Bonchev–Trinajstić information content (AvgIpc) is 2.50. The first-order valence-corrected chi connectivity index (χ1v) is 8.44. The fourth-order valence-corrected chi connectivity index (χ4v) is 3.41. The van der Waals surface area contributed by atoms with Gasteiger partial charge < -0.3 is 10.2 Å². The van der Waals surface area contributed by atoms with Crippen molar-refractivity contribution in [2.75, 3.05) is 29.9 Å². The van der Waals surface area contributed by atoms with E-state index in [1.165, 1.54) is 25.7 Å². The van der Waals surface area contributed by atoms with Crippen LogP contribution in [0.25, 0.3) is 0 Å². The van der Waals surface area contributed by atoms with Crippen LogP contribution in [0.5, 0.6) is 0 Å². The molecular weight excluding hydrogens is 316 g/mol. The molecule has 0 saturated carbocycles. The standard InChI is InChI=1S/C15H25BrN4/c1-4-15(5-2)7-9-20(10-8-15)13-12(16)11-18-14(19-13)17-6-3/h11H,4-10H2,1-3H3,(H,17,18,19). The second kappa shape index (κ2) is 6.74. The Hall–Kier alpha value is -0.840. The lowest BCUT2D eigenvalue weighted by Crippen LogP contribution is -2.40. The summed E-state index contributed by atoms with van der Waals surface area (Å²) in [7, 11) is 0.